The van der Waals surface area contributed by atoms with Crippen molar-refractivity contribution >= 4 is 29.4 Å². The third-order valence-corrected chi connectivity index (χ3v) is 9.89. The summed E-state index contributed by atoms with van der Waals surface area (Å²) >= 11 is 1.45. The average molecular weight is 629 g/mol. The normalized spacial score (nSPS) is 14.6. The summed E-state index contributed by atoms with van der Waals surface area (Å²) in [6.45, 7) is 16.8. The molecule has 1 atom stereocenters. The average Bonchev–Trinajstić information content (AvgIpc) is 3.52. The number of aryl methyl sites for hydroxylation is 1. The molecule has 3 heterocycles. The van der Waals surface area contributed by atoms with Crippen LogP contribution in [0.1, 0.15) is 90.9 Å². The van der Waals surface area contributed by atoms with Crippen molar-refractivity contribution in [3.8, 4) is 11.3 Å². The first kappa shape index (κ1) is 34.0. The number of rotatable bonds is 9. The fourth-order valence-electron chi connectivity index (χ4n) is 5.30. The fourth-order valence-corrected chi connectivity index (χ4v) is 6.19. The zero-order chi connectivity index (χ0) is 32.9. The number of thiazole rings is 1. The second-order valence-electron chi connectivity index (χ2n) is 13.3. The molecule has 8 nitrogen and oxygen atoms in total. The van der Waals surface area contributed by atoms with Gasteiger partial charge in [-0.1, -0.05) is 59.2 Å². The largest absolute Gasteiger partial charge is 0.346 e. The van der Waals surface area contributed by atoms with Crippen molar-refractivity contribution < 1.29 is 9.59 Å². The van der Waals surface area contributed by atoms with Gasteiger partial charge in [0.2, 0.25) is 0 Å². The first-order valence-corrected chi connectivity index (χ1v) is 16.6. The number of hydrogen-bond acceptors (Lipinski definition) is 6. The summed E-state index contributed by atoms with van der Waals surface area (Å²) in [4.78, 5) is 43.6. The van der Waals surface area contributed by atoms with Crippen molar-refractivity contribution in [3.05, 3.63) is 80.2 Å². The van der Waals surface area contributed by atoms with E-state index in [1.165, 1.54) is 22.5 Å². The maximum absolute atomic E-state index is 12.8. The van der Waals surface area contributed by atoms with Crippen molar-refractivity contribution in [1.29, 1.82) is 0 Å². The molecule has 0 radical (unpaired) electrons. The van der Waals surface area contributed by atoms with E-state index in [-0.39, 0.29) is 17.4 Å². The predicted octanol–water partition coefficient (Wildman–Crippen LogP) is 7.58. The number of aromatic nitrogens is 3. The van der Waals surface area contributed by atoms with Crippen LogP contribution in [0.15, 0.2) is 47.9 Å². The number of nitrogens with one attached hydrogen (secondary N) is 1. The van der Waals surface area contributed by atoms with E-state index in [1.54, 1.807) is 31.5 Å². The van der Waals surface area contributed by atoms with Crippen LogP contribution < -0.4 is 5.32 Å². The Labute approximate surface area is 272 Å². The van der Waals surface area contributed by atoms with Gasteiger partial charge in [0.1, 0.15) is 6.33 Å². The van der Waals surface area contributed by atoms with E-state index in [2.05, 4.69) is 94.1 Å². The van der Waals surface area contributed by atoms with Crippen LogP contribution in [-0.4, -0.2) is 63.9 Å². The van der Waals surface area contributed by atoms with Crippen molar-refractivity contribution in [3.63, 3.8) is 0 Å². The molecular weight excluding hydrogens is 581 g/mol. The molecule has 0 bridgehead atoms. The number of amides is 3. The number of urea groups is 1. The van der Waals surface area contributed by atoms with E-state index in [0.29, 0.717) is 30.6 Å². The molecule has 1 N–H and O–H groups in total. The van der Waals surface area contributed by atoms with Gasteiger partial charge in [0.15, 0.2) is 5.01 Å². The number of nitrogens with zero attached hydrogens (tertiary/aromatic N) is 5. The Morgan fingerprint density at radius 2 is 1.91 bits per heavy atom. The summed E-state index contributed by atoms with van der Waals surface area (Å²) in [5.41, 5.74) is 8.54. The highest BCUT2D eigenvalue weighted by molar-refractivity contribution is 7.13. The predicted molar refractivity (Wildman–Crippen MR) is 184 cm³/mol. The van der Waals surface area contributed by atoms with Crippen molar-refractivity contribution in [1.82, 2.24) is 30.1 Å². The standard InChI is InChI=1S/C36H48N6O2S/c1-10-23(2)17-29(26-13-15-42(16-14-26)35(44)41(8)9)19-30-25(4)32(40-22-39-30)27-11-12-28(24(3)18-27)20-37-33(43)34-38-21-31(45-34)36(5,6)7/h11-13,18-19,21-23H,10,14-17,20H2,1-9H3,(H,37,43). The van der Waals surface area contributed by atoms with E-state index in [4.69, 9.17) is 4.98 Å². The summed E-state index contributed by atoms with van der Waals surface area (Å²) in [6.07, 6.45) is 10.8. The second-order valence-corrected chi connectivity index (χ2v) is 14.4. The summed E-state index contributed by atoms with van der Waals surface area (Å²) in [5, 5.41) is 3.52. The Hall–Kier alpha value is -3.85. The molecule has 0 saturated heterocycles. The Morgan fingerprint density at radius 1 is 1.16 bits per heavy atom. The van der Waals surface area contributed by atoms with Gasteiger partial charge in [-0.25, -0.2) is 19.7 Å². The van der Waals surface area contributed by atoms with Gasteiger partial charge in [0, 0.05) is 55.9 Å². The second kappa shape index (κ2) is 14.5. The summed E-state index contributed by atoms with van der Waals surface area (Å²) in [5.74, 6) is 0.382. The highest BCUT2D eigenvalue weighted by atomic mass is 32.1. The quantitative estimate of drug-likeness (QED) is 0.264. The van der Waals surface area contributed by atoms with Crippen molar-refractivity contribution in [2.75, 3.05) is 27.2 Å². The minimum atomic E-state index is -0.152. The van der Waals surface area contributed by atoms with E-state index >= 15 is 0 Å². The molecule has 0 saturated carbocycles. The van der Waals surface area contributed by atoms with Crippen LogP contribution in [0.25, 0.3) is 17.3 Å². The highest BCUT2D eigenvalue weighted by Crippen LogP contribution is 2.31. The molecule has 1 unspecified atom stereocenters. The summed E-state index contributed by atoms with van der Waals surface area (Å²) in [7, 11) is 3.59. The van der Waals surface area contributed by atoms with Gasteiger partial charge in [0.05, 0.1) is 11.4 Å². The first-order chi connectivity index (χ1) is 21.3. The summed E-state index contributed by atoms with van der Waals surface area (Å²) < 4.78 is 0. The van der Waals surface area contributed by atoms with Crippen LogP contribution in [-0.2, 0) is 12.0 Å². The maximum atomic E-state index is 12.8. The first-order valence-electron chi connectivity index (χ1n) is 15.8. The van der Waals surface area contributed by atoms with Crippen LogP contribution >= 0.6 is 11.3 Å². The Morgan fingerprint density at radius 3 is 2.51 bits per heavy atom. The lowest BCUT2D eigenvalue weighted by Crippen LogP contribution is -2.41. The van der Waals surface area contributed by atoms with Gasteiger partial charge in [-0.3, -0.25) is 4.79 Å². The third-order valence-electron chi connectivity index (χ3n) is 8.47. The van der Waals surface area contributed by atoms with Crippen LogP contribution in [0.4, 0.5) is 4.79 Å². The maximum Gasteiger partial charge on any atom is 0.319 e. The SMILES string of the molecule is CCC(C)CC(=Cc1ncnc(-c2ccc(CNC(=O)c3ncc(C(C)(C)C)s3)c(C)c2)c1C)C1=CCN(C(=O)N(C)C)CC1. The van der Waals surface area contributed by atoms with Crippen LogP contribution in [0.2, 0.25) is 0 Å². The van der Waals surface area contributed by atoms with E-state index in [1.807, 2.05) is 4.90 Å². The van der Waals surface area contributed by atoms with Crippen molar-refractivity contribution in [2.24, 2.45) is 5.92 Å². The molecule has 0 fully saturated rings. The lowest BCUT2D eigenvalue weighted by Gasteiger charge is -2.30. The van der Waals surface area contributed by atoms with Gasteiger partial charge in [0.25, 0.3) is 5.91 Å². The number of carbonyl (C=O) groups is 2. The molecule has 1 aromatic carbocycles. The zero-order valence-electron chi connectivity index (χ0n) is 28.3. The van der Waals surface area contributed by atoms with Crippen LogP contribution in [0.5, 0.6) is 0 Å². The summed E-state index contributed by atoms with van der Waals surface area (Å²) in [6, 6.07) is 6.31. The minimum absolute atomic E-state index is 0.0323. The highest BCUT2D eigenvalue weighted by Gasteiger charge is 2.22. The lowest BCUT2D eigenvalue weighted by atomic mass is 9.89. The number of allylic oxidation sites excluding steroid dienone is 1. The lowest BCUT2D eigenvalue weighted by molar-refractivity contribution is 0.0950. The Balaban J connectivity index is 1.54. The number of carbonyl (C=O) groups excluding carboxylic acids is 2. The van der Waals surface area contributed by atoms with Gasteiger partial charge in [-0.05, 0) is 72.4 Å². The molecule has 1 aliphatic heterocycles. The monoisotopic (exact) mass is 628 g/mol. The molecule has 2 aromatic heterocycles. The number of hydrogen-bond donors (Lipinski definition) is 1. The third kappa shape index (κ3) is 8.45. The molecule has 3 aromatic rings. The molecule has 0 aliphatic carbocycles. The van der Waals surface area contributed by atoms with E-state index < -0.39 is 0 Å². The number of benzene rings is 1. The Bertz CT molecular complexity index is 1600. The van der Waals surface area contributed by atoms with Gasteiger partial charge in [-0.2, -0.15) is 0 Å². The molecule has 1 aliphatic rings. The van der Waals surface area contributed by atoms with E-state index in [9.17, 15) is 9.59 Å². The molecule has 240 valence electrons. The molecule has 0 spiro atoms. The topological polar surface area (TPSA) is 91.3 Å². The van der Waals surface area contributed by atoms with E-state index in [0.717, 1.165) is 57.8 Å². The molecule has 9 heteroatoms. The molecule has 3 amide bonds. The van der Waals surface area contributed by atoms with Gasteiger partial charge < -0.3 is 15.1 Å². The molecule has 45 heavy (non-hydrogen) atoms. The molecule has 4 rings (SSSR count). The smallest absolute Gasteiger partial charge is 0.319 e. The minimum Gasteiger partial charge on any atom is -0.346 e. The van der Waals surface area contributed by atoms with Crippen LogP contribution in [0, 0.1) is 19.8 Å². The fraction of sp³-hybridized carbons (Fsp3) is 0.472. The van der Waals surface area contributed by atoms with Gasteiger partial charge in [-0.15, -0.1) is 11.3 Å². The van der Waals surface area contributed by atoms with Crippen molar-refractivity contribution in [2.45, 2.75) is 79.7 Å². The van der Waals surface area contributed by atoms with Gasteiger partial charge >= 0.3 is 6.03 Å². The van der Waals surface area contributed by atoms with Crippen LogP contribution in [0.3, 0.4) is 0 Å². The Kier molecular flexibility index (Phi) is 11.0. The zero-order valence-corrected chi connectivity index (χ0v) is 29.1. The molecular formula is C36H48N6O2S.